The second kappa shape index (κ2) is 5.96. The molecule has 0 aliphatic rings. The van der Waals surface area contributed by atoms with Gasteiger partial charge in [0.05, 0.1) is 6.61 Å². The van der Waals surface area contributed by atoms with Gasteiger partial charge in [0, 0.05) is 23.2 Å². The maximum absolute atomic E-state index is 9.50. The summed E-state index contributed by atoms with van der Waals surface area (Å²) in [5.74, 6) is 0.897. The summed E-state index contributed by atoms with van der Waals surface area (Å²) in [5.41, 5.74) is 1.80. The molecule has 1 aromatic rings. The molecule has 20 heavy (non-hydrogen) atoms. The van der Waals surface area contributed by atoms with Gasteiger partial charge < -0.3 is 10.0 Å². The fraction of sp³-hybridized carbons (Fsp3) is 0.588. The van der Waals surface area contributed by atoms with E-state index in [0.717, 1.165) is 23.6 Å². The second-order valence-corrected chi connectivity index (χ2v) is 7.20. The number of hydrogen-bond donors (Lipinski definition) is 1. The van der Waals surface area contributed by atoms with Crippen LogP contribution in [0.3, 0.4) is 0 Å². The molecule has 3 heteroatoms. The third-order valence-corrected chi connectivity index (χ3v) is 3.22. The summed E-state index contributed by atoms with van der Waals surface area (Å²) in [6, 6.07) is 3.95. The topological polar surface area (TPSA) is 36.4 Å². The zero-order valence-electron chi connectivity index (χ0n) is 13.7. The number of rotatable bonds is 4. The first-order valence-corrected chi connectivity index (χ1v) is 7.10. The van der Waals surface area contributed by atoms with Crippen LogP contribution in [0.2, 0.25) is 0 Å². The minimum atomic E-state index is -0.0512. The number of nitrogens with zero attached hydrogens (tertiary/aromatic N) is 2. The molecule has 1 rings (SSSR count). The predicted octanol–water partition coefficient (Wildman–Crippen LogP) is 3.66. The van der Waals surface area contributed by atoms with E-state index in [1.807, 2.05) is 18.2 Å². The van der Waals surface area contributed by atoms with E-state index in [-0.39, 0.29) is 17.6 Å². The Balaban J connectivity index is 3.38. The van der Waals surface area contributed by atoms with Gasteiger partial charge in [0.25, 0.3) is 0 Å². The van der Waals surface area contributed by atoms with Crippen molar-refractivity contribution in [3.05, 3.63) is 36.0 Å². The van der Waals surface area contributed by atoms with Crippen LogP contribution in [0, 0.1) is 0 Å². The van der Waals surface area contributed by atoms with Crippen molar-refractivity contribution in [2.45, 2.75) is 59.1 Å². The van der Waals surface area contributed by atoms with Gasteiger partial charge in [-0.15, -0.1) is 6.58 Å². The molecule has 0 aliphatic heterocycles. The Bertz CT molecular complexity index is 467. The van der Waals surface area contributed by atoms with Gasteiger partial charge in [-0.1, -0.05) is 26.8 Å². The monoisotopic (exact) mass is 276 g/mol. The van der Waals surface area contributed by atoms with E-state index in [2.05, 4.69) is 53.0 Å². The van der Waals surface area contributed by atoms with E-state index in [1.165, 1.54) is 0 Å². The molecule has 0 fully saturated rings. The van der Waals surface area contributed by atoms with Crippen LogP contribution < -0.4 is 4.90 Å². The zero-order valence-corrected chi connectivity index (χ0v) is 13.7. The van der Waals surface area contributed by atoms with E-state index < -0.39 is 0 Å². The maximum Gasteiger partial charge on any atom is 0.129 e. The Morgan fingerprint density at radius 2 is 1.80 bits per heavy atom. The van der Waals surface area contributed by atoms with Gasteiger partial charge >= 0.3 is 0 Å². The van der Waals surface area contributed by atoms with E-state index in [0.29, 0.717) is 0 Å². The summed E-state index contributed by atoms with van der Waals surface area (Å²) < 4.78 is 0. The molecule has 0 saturated carbocycles. The van der Waals surface area contributed by atoms with Gasteiger partial charge in [-0.3, -0.25) is 0 Å². The highest BCUT2D eigenvalue weighted by molar-refractivity contribution is 5.46. The summed E-state index contributed by atoms with van der Waals surface area (Å²) in [6.07, 6.45) is 1.88. The smallest absolute Gasteiger partial charge is 0.129 e. The summed E-state index contributed by atoms with van der Waals surface area (Å²) >= 11 is 0. The Kier molecular flexibility index (Phi) is 4.98. The van der Waals surface area contributed by atoms with E-state index in [9.17, 15) is 5.11 Å². The van der Waals surface area contributed by atoms with E-state index in [1.54, 1.807) is 0 Å². The lowest BCUT2D eigenvalue weighted by atomic mass is 9.90. The highest BCUT2D eigenvalue weighted by atomic mass is 16.3. The molecule has 0 bridgehead atoms. The third kappa shape index (κ3) is 4.07. The Hall–Kier alpha value is -1.35. The standard InChI is InChI=1S/C17H28N2O/c1-8-9-19(17(5,6)7)15-11-13(12-20)10-14(18-15)16(2,3)4/h8,10-11,20H,1,9,12H2,2-7H3. The molecule has 3 nitrogen and oxygen atoms in total. The van der Waals surface area contributed by atoms with Crippen LogP contribution >= 0.6 is 0 Å². The highest BCUT2D eigenvalue weighted by Gasteiger charge is 2.24. The van der Waals surface area contributed by atoms with Gasteiger partial charge in [0.15, 0.2) is 0 Å². The van der Waals surface area contributed by atoms with Crippen molar-refractivity contribution in [3.8, 4) is 0 Å². The summed E-state index contributed by atoms with van der Waals surface area (Å²) in [6.45, 7) is 17.5. The number of pyridine rings is 1. The first kappa shape index (κ1) is 16.7. The highest BCUT2D eigenvalue weighted by Crippen LogP contribution is 2.28. The van der Waals surface area contributed by atoms with Crippen molar-refractivity contribution < 1.29 is 5.11 Å². The molecule has 1 heterocycles. The summed E-state index contributed by atoms with van der Waals surface area (Å²) in [7, 11) is 0. The molecule has 0 radical (unpaired) electrons. The van der Waals surface area contributed by atoms with E-state index in [4.69, 9.17) is 4.98 Å². The SMILES string of the molecule is C=CCN(c1cc(CO)cc(C(C)(C)C)n1)C(C)(C)C. The lowest BCUT2D eigenvalue weighted by molar-refractivity contribution is 0.281. The number of hydrogen-bond acceptors (Lipinski definition) is 3. The molecule has 0 unspecified atom stereocenters. The molecule has 0 aromatic carbocycles. The van der Waals surface area contributed by atoms with Crippen LogP contribution in [0.15, 0.2) is 24.8 Å². The van der Waals surface area contributed by atoms with Crippen LogP contribution in [0.1, 0.15) is 52.8 Å². The fourth-order valence-corrected chi connectivity index (χ4v) is 2.02. The molecule has 112 valence electrons. The molecule has 0 atom stereocenters. The van der Waals surface area contributed by atoms with Crippen molar-refractivity contribution in [2.24, 2.45) is 0 Å². The van der Waals surface area contributed by atoms with Gasteiger partial charge in [-0.2, -0.15) is 0 Å². The van der Waals surface area contributed by atoms with Gasteiger partial charge in [0.1, 0.15) is 5.82 Å². The maximum atomic E-state index is 9.50. The molecule has 0 saturated heterocycles. The lowest BCUT2D eigenvalue weighted by Crippen LogP contribution is -2.42. The number of aliphatic hydroxyl groups is 1. The average molecular weight is 276 g/mol. The first-order valence-electron chi connectivity index (χ1n) is 7.10. The lowest BCUT2D eigenvalue weighted by Gasteiger charge is -2.37. The average Bonchev–Trinajstić information content (AvgIpc) is 2.32. The van der Waals surface area contributed by atoms with Crippen molar-refractivity contribution in [1.29, 1.82) is 0 Å². The number of aliphatic hydroxyl groups excluding tert-OH is 1. The normalized spacial score (nSPS) is 12.3. The van der Waals surface area contributed by atoms with Crippen LogP contribution in [0.5, 0.6) is 0 Å². The quantitative estimate of drug-likeness (QED) is 0.853. The van der Waals surface area contributed by atoms with Gasteiger partial charge in [0.2, 0.25) is 0 Å². The molecule has 1 N–H and O–H groups in total. The number of aromatic nitrogens is 1. The Morgan fingerprint density at radius 1 is 1.20 bits per heavy atom. The summed E-state index contributed by atoms with van der Waals surface area (Å²) in [5, 5.41) is 9.50. The van der Waals surface area contributed by atoms with Crippen molar-refractivity contribution in [2.75, 3.05) is 11.4 Å². The van der Waals surface area contributed by atoms with Crippen molar-refractivity contribution >= 4 is 5.82 Å². The molecule has 0 spiro atoms. The molecular weight excluding hydrogens is 248 g/mol. The van der Waals surface area contributed by atoms with Crippen LogP contribution in [0.25, 0.3) is 0 Å². The van der Waals surface area contributed by atoms with Crippen molar-refractivity contribution in [3.63, 3.8) is 0 Å². The first-order chi connectivity index (χ1) is 9.09. The minimum Gasteiger partial charge on any atom is -0.392 e. The zero-order chi connectivity index (χ0) is 15.6. The van der Waals surface area contributed by atoms with Gasteiger partial charge in [-0.05, 0) is 38.5 Å². The minimum absolute atomic E-state index is 0.0324. The summed E-state index contributed by atoms with van der Waals surface area (Å²) in [4.78, 5) is 7.01. The van der Waals surface area contributed by atoms with E-state index >= 15 is 0 Å². The molecule has 0 aliphatic carbocycles. The second-order valence-electron chi connectivity index (χ2n) is 7.20. The van der Waals surface area contributed by atoms with Crippen molar-refractivity contribution in [1.82, 2.24) is 4.98 Å². The Labute approximate surface area is 123 Å². The molecule has 0 amide bonds. The molecule has 1 aromatic heterocycles. The van der Waals surface area contributed by atoms with Crippen LogP contribution in [0.4, 0.5) is 5.82 Å². The Morgan fingerprint density at radius 3 is 2.20 bits per heavy atom. The van der Waals surface area contributed by atoms with Gasteiger partial charge in [-0.25, -0.2) is 4.98 Å². The van der Waals surface area contributed by atoms with Crippen LogP contribution in [-0.4, -0.2) is 22.2 Å². The fourth-order valence-electron chi connectivity index (χ4n) is 2.02. The third-order valence-electron chi connectivity index (χ3n) is 3.22. The predicted molar refractivity (Wildman–Crippen MR) is 86.2 cm³/mol. The number of anilines is 1. The molecular formula is C17H28N2O. The van der Waals surface area contributed by atoms with Crippen LogP contribution in [-0.2, 0) is 12.0 Å². The largest absolute Gasteiger partial charge is 0.392 e.